The number of hydrogen-bond donors (Lipinski definition) is 0. The van der Waals surface area contributed by atoms with Gasteiger partial charge in [-0.2, -0.15) is 10.4 Å². The summed E-state index contributed by atoms with van der Waals surface area (Å²) >= 11 is 3.30. The number of hydrogen-bond acceptors (Lipinski definition) is 2. The molecule has 1 aromatic heterocycles. The van der Waals surface area contributed by atoms with Crippen LogP contribution in [0, 0.1) is 11.3 Å². The topological polar surface area (TPSA) is 41.6 Å². The van der Waals surface area contributed by atoms with E-state index in [1.807, 2.05) is 12.1 Å². The van der Waals surface area contributed by atoms with Gasteiger partial charge in [0.2, 0.25) is 0 Å². The molecule has 0 spiro atoms. The summed E-state index contributed by atoms with van der Waals surface area (Å²) in [5, 5.41) is 12.7. The highest BCUT2D eigenvalue weighted by molar-refractivity contribution is 9.10. The first-order valence-corrected chi connectivity index (χ1v) is 5.89. The highest BCUT2D eigenvalue weighted by atomic mass is 79.9. The van der Waals surface area contributed by atoms with E-state index in [1.165, 1.54) is 17.1 Å². The monoisotopic (exact) mass is 311 g/mol. The quantitative estimate of drug-likeness (QED) is 0.871. The van der Waals surface area contributed by atoms with Gasteiger partial charge in [0.1, 0.15) is 6.54 Å². The molecule has 18 heavy (non-hydrogen) atoms. The first-order valence-electron chi connectivity index (χ1n) is 5.10. The lowest BCUT2D eigenvalue weighted by Gasteiger charge is -2.00. The van der Waals surface area contributed by atoms with E-state index in [9.17, 15) is 8.78 Å². The van der Waals surface area contributed by atoms with E-state index in [0.717, 1.165) is 10.0 Å². The van der Waals surface area contributed by atoms with E-state index in [0.29, 0.717) is 11.1 Å². The van der Waals surface area contributed by atoms with Crippen molar-refractivity contribution < 1.29 is 8.78 Å². The van der Waals surface area contributed by atoms with Gasteiger partial charge in [0.15, 0.2) is 0 Å². The molecule has 92 valence electrons. The third-order valence-electron chi connectivity index (χ3n) is 2.32. The van der Waals surface area contributed by atoms with Crippen molar-refractivity contribution in [2.24, 2.45) is 0 Å². The smallest absolute Gasteiger partial charge is 0.257 e. The first-order chi connectivity index (χ1) is 8.58. The van der Waals surface area contributed by atoms with Gasteiger partial charge in [0, 0.05) is 16.2 Å². The van der Waals surface area contributed by atoms with Crippen LogP contribution in [-0.2, 0) is 6.54 Å². The zero-order chi connectivity index (χ0) is 13.1. The Labute approximate surface area is 111 Å². The van der Waals surface area contributed by atoms with Crippen molar-refractivity contribution in [3.8, 4) is 17.2 Å². The zero-order valence-electron chi connectivity index (χ0n) is 9.15. The molecular formula is C12H8BrF2N3. The maximum absolute atomic E-state index is 12.2. The minimum absolute atomic E-state index is 0.431. The Balaban J connectivity index is 2.34. The molecule has 0 aliphatic rings. The summed E-state index contributed by atoms with van der Waals surface area (Å²) in [6.45, 7) is -0.431. The molecule has 0 unspecified atom stereocenters. The summed E-state index contributed by atoms with van der Waals surface area (Å²) in [6, 6.07) is 7.23. The van der Waals surface area contributed by atoms with Gasteiger partial charge in [-0.1, -0.05) is 15.9 Å². The molecule has 6 heteroatoms. The number of nitriles is 1. The largest absolute Gasteiger partial charge is 0.266 e. The fourth-order valence-electron chi connectivity index (χ4n) is 1.57. The molecule has 0 atom stereocenters. The molecule has 0 aliphatic carbocycles. The lowest BCUT2D eigenvalue weighted by atomic mass is 10.1. The van der Waals surface area contributed by atoms with E-state index in [-0.39, 0.29) is 0 Å². The Morgan fingerprint density at radius 1 is 1.33 bits per heavy atom. The molecule has 1 heterocycles. The number of benzene rings is 1. The van der Waals surface area contributed by atoms with Gasteiger partial charge in [-0.15, -0.1) is 0 Å². The molecule has 0 radical (unpaired) electrons. The Bertz CT molecular complexity index is 602. The fraction of sp³-hybridized carbons (Fsp3) is 0.167. The van der Waals surface area contributed by atoms with Gasteiger partial charge >= 0.3 is 0 Å². The number of nitrogens with zero attached hydrogens (tertiary/aromatic N) is 3. The van der Waals surface area contributed by atoms with Crippen LogP contribution in [0.25, 0.3) is 11.1 Å². The van der Waals surface area contributed by atoms with Gasteiger partial charge in [-0.25, -0.2) is 8.78 Å². The second-order valence-corrected chi connectivity index (χ2v) is 4.60. The van der Waals surface area contributed by atoms with Crippen LogP contribution in [0.15, 0.2) is 35.1 Å². The summed E-state index contributed by atoms with van der Waals surface area (Å²) in [6.07, 6.45) is 0.607. The lowest BCUT2D eigenvalue weighted by molar-refractivity contribution is 0.122. The molecule has 1 aromatic carbocycles. The van der Waals surface area contributed by atoms with Crippen LogP contribution in [0.2, 0.25) is 0 Å². The van der Waals surface area contributed by atoms with Gasteiger partial charge in [0.25, 0.3) is 6.43 Å². The molecule has 0 N–H and O–H groups in total. The van der Waals surface area contributed by atoms with Crippen molar-refractivity contribution in [2.45, 2.75) is 13.0 Å². The highest BCUT2D eigenvalue weighted by Gasteiger charge is 2.08. The standard InChI is InChI=1S/C12H8BrF2N3/c13-11-2-8(4-16)1-9(3-11)10-5-17-18(6-10)7-12(14)15/h1-3,5-6,12H,7H2. The third kappa shape index (κ3) is 2.93. The van der Waals surface area contributed by atoms with Gasteiger partial charge in [0.05, 0.1) is 17.8 Å². The maximum Gasteiger partial charge on any atom is 0.257 e. The summed E-state index contributed by atoms with van der Waals surface area (Å²) < 4.78 is 26.4. The predicted molar refractivity (Wildman–Crippen MR) is 66.1 cm³/mol. The summed E-state index contributed by atoms with van der Waals surface area (Å²) in [7, 11) is 0. The predicted octanol–water partition coefficient (Wildman–Crippen LogP) is 3.45. The van der Waals surface area contributed by atoms with Crippen LogP contribution >= 0.6 is 15.9 Å². The molecule has 0 saturated heterocycles. The average molecular weight is 312 g/mol. The molecule has 2 aromatic rings. The molecular weight excluding hydrogens is 304 g/mol. The Morgan fingerprint density at radius 2 is 2.11 bits per heavy atom. The van der Waals surface area contributed by atoms with Gasteiger partial charge < -0.3 is 0 Å². The molecule has 0 amide bonds. The molecule has 0 aliphatic heterocycles. The van der Waals surface area contributed by atoms with Crippen LogP contribution in [0.5, 0.6) is 0 Å². The molecule has 2 rings (SSSR count). The van der Waals surface area contributed by atoms with Crippen LogP contribution in [0.1, 0.15) is 5.56 Å². The van der Waals surface area contributed by atoms with E-state index < -0.39 is 13.0 Å². The van der Waals surface area contributed by atoms with Crippen LogP contribution in [0.3, 0.4) is 0 Å². The maximum atomic E-state index is 12.2. The summed E-state index contributed by atoms with van der Waals surface area (Å²) in [5.41, 5.74) is 1.97. The van der Waals surface area contributed by atoms with E-state index >= 15 is 0 Å². The van der Waals surface area contributed by atoms with Crippen LogP contribution in [-0.4, -0.2) is 16.2 Å². The minimum atomic E-state index is -2.44. The number of alkyl halides is 2. The van der Waals surface area contributed by atoms with Crippen molar-refractivity contribution in [3.63, 3.8) is 0 Å². The molecule has 3 nitrogen and oxygen atoms in total. The normalized spacial score (nSPS) is 10.6. The molecule has 0 fully saturated rings. The first kappa shape index (κ1) is 12.7. The Hall–Kier alpha value is -1.74. The van der Waals surface area contributed by atoms with E-state index in [1.54, 1.807) is 12.1 Å². The minimum Gasteiger partial charge on any atom is -0.266 e. The van der Waals surface area contributed by atoms with Gasteiger partial charge in [-0.3, -0.25) is 4.68 Å². The number of rotatable bonds is 3. The van der Waals surface area contributed by atoms with Crippen LogP contribution < -0.4 is 0 Å². The molecule has 0 saturated carbocycles. The lowest BCUT2D eigenvalue weighted by Crippen LogP contribution is -2.06. The second-order valence-electron chi connectivity index (χ2n) is 3.68. The van der Waals surface area contributed by atoms with E-state index in [4.69, 9.17) is 5.26 Å². The van der Waals surface area contributed by atoms with Gasteiger partial charge in [-0.05, 0) is 23.8 Å². The zero-order valence-corrected chi connectivity index (χ0v) is 10.7. The molecule has 0 bridgehead atoms. The van der Waals surface area contributed by atoms with Crippen LogP contribution in [0.4, 0.5) is 8.78 Å². The van der Waals surface area contributed by atoms with Crippen molar-refractivity contribution in [3.05, 3.63) is 40.6 Å². The Morgan fingerprint density at radius 3 is 2.78 bits per heavy atom. The number of aromatic nitrogens is 2. The van der Waals surface area contributed by atoms with Crippen molar-refractivity contribution in [1.82, 2.24) is 9.78 Å². The summed E-state index contributed by atoms with van der Waals surface area (Å²) in [5.74, 6) is 0. The summed E-state index contributed by atoms with van der Waals surface area (Å²) in [4.78, 5) is 0. The Kier molecular flexibility index (Phi) is 3.72. The van der Waals surface area contributed by atoms with E-state index in [2.05, 4.69) is 21.0 Å². The fourth-order valence-corrected chi connectivity index (χ4v) is 2.07. The SMILES string of the molecule is N#Cc1cc(Br)cc(-c2cnn(CC(F)F)c2)c1. The van der Waals surface area contributed by atoms with Crippen molar-refractivity contribution >= 4 is 15.9 Å². The van der Waals surface area contributed by atoms with Crippen molar-refractivity contribution in [1.29, 1.82) is 5.26 Å². The highest BCUT2D eigenvalue weighted by Crippen LogP contribution is 2.24. The average Bonchev–Trinajstić information content (AvgIpc) is 2.75. The third-order valence-corrected chi connectivity index (χ3v) is 2.78. The van der Waals surface area contributed by atoms with Crippen molar-refractivity contribution in [2.75, 3.05) is 0 Å². The number of halogens is 3. The second kappa shape index (κ2) is 5.27.